The minimum absolute atomic E-state index is 0.516. The van der Waals surface area contributed by atoms with E-state index in [-0.39, 0.29) is 0 Å². The fourth-order valence-corrected chi connectivity index (χ4v) is 2.70. The zero-order chi connectivity index (χ0) is 12.1. The Hall–Kier alpha value is -0.810. The van der Waals surface area contributed by atoms with Gasteiger partial charge in [0.15, 0.2) is 0 Å². The van der Waals surface area contributed by atoms with Crippen LogP contribution in [0.4, 0.5) is 4.79 Å². The average molecular weight is 242 g/mol. The third kappa shape index (κ3) is 4.16. The van der Waals surface area contributed by atoms with Gasteiger partial charge in [0.1, 0.15) is 0 Å². The first-order valence-electron chi connectivity index (χ1n) is 6.51. The van der Waals surface area contributed by atoms with Gasteiger partial charge in [0.25, 0.3) is 0 Å². The van der Waals surface area contributed by atoms with E-state index in [0.29, 0.717) is 18.4 Å². The van der Waals surface area contributed by atoms with Crippen molar-refractivity contribution < 1.29 is 14.6 Å². The maximum Gasteiger partial charge on any atom is 0.404 e. The number of piperidine rings is 1. The monoisotopic (exact) mass is 242 g/mol. The second kappa shape index (κ2) is 6.21. The molecule has 2 fully saturated rings. The van der Waals surface area contributed by atoms with Gasteiger partial charge >= 0.3 is 6.09 Å². The predicted molar refractivity (Wildman–Crippen MR) is 64.1 cm³/mol. The molecule has 0 aromatic carbocycles. The topological polar surface area (TPSA) is 61.8 Å². The van der Waals surface area contributed by atoms with E-state index in [2.05, 4.69) is 10.2 Å². The molecule has 0 radical (unpaired) electrons. The van der Waals surface area contributed by atoms with Crippen LogP contribution in [0.3, 0.4) is 0 Å². The van der Waals surface area contributed by atoms with Gasteiger partial charge in [-0.1, -0.05) is 0 Å². The standard InChI is InChI=1S/C12H22N2O3/c15-12(16)13-7-10-1-4-14(5-2-10)8-11-3-6-17-9-11/h10-11,13H,1-9H2,(H,15,16)/t11-/m1/s1. The largest absolute Gasteiger partial charge is 0.465 e. The van der Waals surface area contributed by atoms with Gasteiger partial charge in [-0.05, 0) is 44.2 Å². The minimum atomic E-state index is -0.907. The molecule has 5 nitrogen and oxygen atoms in total. The summed E-state index contributed by atoms with van der Waals surface area (Å²) in [5.41, 5.74) is 0. The SMILES string of the molecule is O=C(O)NCC1CCN(C[C@H]2CCOC2)CC1. The second-order valence-corrected chi connectivity index (χ2v) is 5.16. The molecule has 0 unspecified atom stereocenters. The lowest BCUT2D eigenvalue weighted by atomic mass is 9.96. The third-order valence-electron chi connectivity index (χ3n) is 3.79. The summed E-state index contributed by atoms with van der Waals surface area (Å²) >= 11 is 0. The number of nitrogens with zero attached hydrogens (tertiary/aromatic N) is 1. The van der Waals surface area contributed by atoms with Crippen LogP contribution in [0, 0.1) is 11.8 Å². The van der Waals surface area contributed by atoms with E-state index < -0.39 is 6.09 Å². The van der Waals surface area contributed by atoms with E-state index in [0.717, 1.165) is 45.7 Å². The van der Waals surface area contributed by atoms with Crippen LogP contribution in [-0.2, 0) is 4.74 Å². The molecule has 0 aliphatic carbocycles. The quantitative estimate of drug-likeness (QED) is 0.772. The molecule has 5 heteroatoms. The highest BCUT2D eigenvalue weighted by molar-refractivity contribution is 5.64. The van der Waals surface area contributed by atoms with Crippen LogP contribution >= 0.6 is 0 Å². The van der Waals surface area contributed by atoms with E-state index in [9.17, 15) is 4.79 Å². The molecular weight excluding hydrogens is 220 g/mol. The number of hydrogen-bond donors (Lipinski definition) is 2. The number of amides is 1. The third-order valence-corrected chi connectivity index (χ3v) is 3.79. The highest BCUT2D eigenvalue weighted by atomic mass is 16.5. The van der Waals surface area contributed by atoms with Gasteiger partial charge in [-0.2, -0.15) is 0 Å². The molecular formula is C12H22N2O3. The summed E-state index contributed by atoms with van der Waals surface area (Å²) in [6.45, 7) is 5.80. The highest BCUT2D eigenvalue weighted by Crippen LogP contribution is 2.20. The first kappa shape index (κ1) is 12.6. The maximum absolute atomic E-state index is 10.4. The number of likely N-dealkylation sites (tertiary alicyclic amines) is 1. The normalized spacial score (nSPS) is 27.2. The molecule has 1 amide bonds. The fourth-order valence-electron chi connectivity index (χ4n) is 2.70. The van der Waals surface area contributed by atoms with Crippen molar-refractivity contribution in [3.05, 3.63) is 0 Å². The van der Waals surface area contributed by atoms with Crippen LogP contribution in [0.15, 0.2) is 0 Å². The van der Waals surface area contributed by atoms with Crippen molar-refractivity contribution >= 4 is 6.09 Å². The first-order chi connectivity index (χ1) is 8.24. The van der Waals surface area contributed by atoms with Gasteiger partial charge in [0, 0.05) is 19.7 Å². The molecule has 0 aromatic heterocycles. The van der Waals surface area contributed by atoms with E-state index in [1.807, 2.05) is 0 Å². The van der Waals surface area contributed by atoms with Crippen LogP contribution in [-0.4, -0.2) is 55.5 Å². The Bertz CT molecular complexity index is 246. The molecule has 0 saturated carbocycles. The van der Waals surface area contributed by atoms with Gasteiger partial charge in [-0.3, -0.25) is 0 Å². The van der Waals surface area contributed by atoms with Gasteiger partial charge < -0.3 is 20.1 Å². The summed E-state index contributed by atoms with van der Waals surface area (Å²) in [5, 5.41) is 11.0. The van der Waals surface area contributed by atoms with Crippen molar-refractivity contribution in [1.82, 2.24) is 10.2 Å². The van der Waals surface area contributed by atoms with Gasteiger partial charge in [-0.15, -0.1) is 0 Å². The van der Waals surface area contributed by atoms with Crippen molar-refractivity contribution in [3.8, 4) is 0 Å². The Balaban J connectivity index is 1.61. The second-order valence-electron chi connectivity index (χ2n) is 5.16. The molecule has 0 aromatic rings. The zero-order valence-corrected chi connectivity index (χ0v) is 10.2. The Morgan fingerprint density at radius 1 is 1.29 bits per heavy atom. The zero-order valence-electron chi connectivity index (χ0n) is 10.2. The summed E-state index contributed by atoms with van der Waals surface area (Å²) < 4.78 is 5.38. The molecule has 2 saturated heterocycles. The van der Waals surface area contributed by atoms with Gasteiger partial charge in [-0.25, -0.2) is 4.79 Å². The molecule has 0 spiro atoms. The average Bonchev–Trinajstić information content (AvgIpc) is 2.81. The van der Waals surface area contributed by atoms with E-state index in [1.54, 1.807) is 0 Å². The molecule has 98 valence electrons. The van der Waals surface area contributed by atoms with E-state index in [1.165, 1.54) is 6.42 Å². The van der Waals surface area contributed by atoms with E-state index >= 15 is 0 Å². The number of ether oxygens (including phenoxy) is 1. The van der Waals surface area contributed by atoms with Crippen molar-refractivity contribution in [2.24, 2.45) is 11.8 Å². The molecule has 2 heterocycles. The maximum atomic E-state index is 10.4. The molecule has 2 N–H and O–H groups in total. The summed E-state index contributed by atoms with van der Waals surface area (Å²) in [5.74, 6) is 1.23. The molecule has 1 atom stereocenters. The minimum Gasteiger partial charge on any atom is -0.465 e. The van der Waals surface area contributed by atoms with Gasteiger partial charge in [0.2, 0.25) is 0 Å². The number of nitrogens with one attached hydrogen (secondary N) is 1. The highest BCUT2D eigenvalue weighted by Gasteiger charge is 2.23. The smallest absolute Gasteiger partial charge is 0.404 e. The Kier molecular flexibility index (Phi) is 4.62. The van der Waals surface area contributed by atoms with Crippen LogP contribution in [0.25, 0.3) is 0 Å². The summed E-state index contributed by atoms with van der Waals surface area (Å²) in [6, 6.07) is 0. The first-order valence-corrected chi connectivity index (χ1v) is 6.51. The van der Waals surface area contributed by atoms with Crippen molar-refractivity contribution in [3.63, 3.8) is 0 Å². The van der Waals surface area contributed by atoms with Crippen LogP contribution in [0.1, 0.15) is 19.3 Å². The van der Waals surface area contributed by atoms with Crippen molar-refractivity contribution in [2.75, 3.05) is 39.4 Å². The number of rotatable bonds is 4. The van der Waals surface area contributed by atoms with Crippen LogP contribution in [0.2, 0.25) is 0 Å². The number of hydrogen-bond acceptors (Lipinski definition) is 3. The van der Waals surface area contributed by atoms with Crippen molar-refractivity contribution in [1.29, 1.82) is 0 Å². The lowest BCUT2D eigenvalue weighted by molar-refractivity contribution is 0.138. The Labute approximate surface area is 102 Å². The molecule has 17 heavy (non-hydrogen) atoms. The lowest BCUT2D eigenvalue weighted by Gasteiger charge is -2.33. The number of carboxylic acid groups (broad SMARTS) is 1. The molecule has 2 rings (SSSR count). The fraction of sp³-hybridized carbons (Fsp3) is 0.917. The summed E-state index contributed by atoms with van der Waals surface area (Å²) in [7, 11) is 0. The molecule has 2 aliphatic heterocycles. The Morgan fingerprint density at radius 3 is 2.65 bits per heavy atom. The predicted octanol–water partition coefficient (Wildman–Crippen LogP) is 1.00. The van der Waals surface area contributed by atoms with Crippen LogP contribution in [0.5, 0.6) is 0 Å². The number of carbonyl (C=O) groups is 1. The Morgan fingerprint density at radius 2 is 2.06 bits per heavy atom. The van der Waals surface area contributed by atoms with E-state index in [4.69, 9.17) is 9.84 Å². The van der Waals surface area contributed by atoms with Crippen LogP contribution < -0.4 is 5.32 Å². The summed E-state index contributed by atoms with van der Waals surface area (Å²) in [4.78, 5) is 12.9. The molecule has 2 aliphatic rings. The summed E-state index contributed by atoms with van der Waals surface area (Å²) in [6.07, 6.45) is 2.50. The molecule has 0 bridgehead atoms. The van der Waals surface area contributed by atoms with Crippen molar-refractivity contribution in [2.45, 2.75) is 19.3 Å². The van der Waals surface area contributed by atoms with Gasteiger partial charge in [0.05, 0.1) is 6.61 Å². The lowest BCUT2D eigenvalue weighted by Crippen LogP contribution is -2.40.